The standard InChI is InChI=1S/C14H19NO3/c1-17-13-5-3-2-4-12(13)6-7-14(16)15-8-10-18-11-9-15/h2-5H,6-11H2,1H3. The number of carbonyl (C=O) groups is 1. The van der Waals surface area contributed by atoms with Gasteiger partial charge in [-0.05, 0) is 18.1 Å². The molecule has 0 aromatic heterocycles. The molecular weight excluding hydrogens is 230 g/mol. The topological polar surface area (TPSA) is 38.8 Å². The van der Waals surface area contributed by atoms with Crippen LogP contribution in [-0.4, -0.2) is 44.2 Å². The first-order chi connectivity index (χ1) is 8.81. The van der Waals surface area contributed by atoms with E-state index in [0.29, 0.717) is 32.7 Å². The molecule has 1 fully saturated rings. The van der Waals surface area contributed by atoms with E-state index >= 15 is 0 Å². The monoisotopic (exact) mass is 249 g/mol. The van der Waals surface area contributed by atoms with Gasteiger partial charge in [0.1, 0.15) is 5.75 Å². The molecule has 0 radical (unpaired) electrons. The summed E-state index contributed by atoms with van der Waals surface area (Å²) in [6.45, 7) is 2.73. The largest absolute Gasteiger partial charge is 0.496 e. The number of amides is 1. The fraction of sp³-hybridized carbons (Fsp3) is 0.500. The maximum atomic E-state index is 12.0. The highest BCUT2D eigenvalue weighted by Gasteiger charge is 2.16. The van der Waals surface area contributed by atoms with Gasteiger partial charge in [-0.2, -0.15) is 0 Å². The molecule has 0 N–H and O–H groups in total. The molecule has 0 aliphatic carbocycles. The first-order valence-corrected chi connectivity index (χ1v) is 6.28. The Balaban J connectivity index is 1.88. The third-order valence-electron chi connectivity index (χ3n) is 3.16. The highest BCUT2D eigenvalue weighted by atomic mass is 16.5. The first-order valence-electron chi connectivity index (χ1n) is 6.28. The highest BCUT2D eigenvalue weighted by molar-refractivity contribution is 5.76. The van der Waals surface area contributed by atoms with Gasteiger partial charge in [-0.1, -0.05) is 18.2 Å². The van der Waals surface area contributed by atoms with Gasteiger partial charge < -0.3 is 14.4 Å². The number of rotatable bonds is 4. The molecule has 18 heavy (non-hydrogen) atoms. The summed E-state index contributed by atoms with van der Waals surface area (Å²) in [5.41, 5.74) is 1.08. The molecule has 4 heteroatoms. The zero-order valence-corrected chi connectivity index (χ0v) is 10.7. The highest BCUT2D eigenvalue weighted by Crippen LogP contribution is 2.19. The molecule has 0 spiro atoms. The van der Waals surface area contributed by atoms with Crippen molar-refractivity contribution in [2.45, 2.75) is 12.8 Å². The summed E-state index contributed by atoms with van der Waals surface area (Å²) in [7, 11) is 1.66. The minimum Gasteiger partial charge on any atom is -0.496 e. The molecule has 0 saturated carbocycles. The van der Waals surface area contributed by atoms with Gasteiger partial charge in [0.15, 0.2) is 0 Å². The predicted octanol–water partition coefficient (Wildman–Crippen LogP) is 1.49. The summed E-state index contributed by atoms with van der Waals surface area (Å²) in [5, 5.41) is 0. The van der Waals surface area contributed by atoms with Crippen molar-refractivity contribution in [3.05, 3.63) is 29.8 Å². The molecule has 4 nitrogen and oxygen atoms in total. The summed E-state index contributed by atoms with van der Waals surface area (Å²) in [6.07, 6.45) is 1.25. The molecule has 1 amide bonds. The molecule has 1 heterocycles. The third-order valence-corrected chi connectivity index (χ3v) is 3.16. The van der Waals surface area contributed by atoms with E-state index in [4.69, 9.17) is 9.47 Å². The van der Waals surface area contributed by atoms with Crippen LogP contribution >= 0.6 is 0 Å². The predicted molar refractivity (Wildman–Crippen MR) is 68.7 cm³/mol. The number of hydrogen-bond acceptors (Lipinski definition) is 3. The van der Waals surface area contributed by atoms with Crippen molar-refractivity contribution in [2.75, 3.05) is 33.4 Å². The lowest BCUT2D eigenvalue weighted by Crippen LogP contribution is -2.40. The van der Waals surface area contributed by atoms with E-state index in [9.17, 15) is 4.79 Å². The molecule has 1 aliphatic heterocycles. The van der Waals surface area contributed by atoms with Crippen molar-refractivity contribution < 1.29 is 14.3 Å². The minimum atomic E-state index is 0.198. The average Bonchev–Trinajstić information content (AvgIpc) is 2.46. The Labute approximate surface area is 107 Å². The van der Waals surface area contributed by atoms with Crippen LogP contribution < -0.4 is 4.74 Å². The van der Waals surface area contributed by atoms with E-state index in [1.54, 1.807) is 7.11 Å². The molecule has 2 rings (SSSR count). The smallest absolute Gasteiger partial charge is 0.223 e. The summed E-state index contributed by atoms with van der Waals surface area (Å²) < 4.78 is 10.5. The maximum absolute atomic E-state index is 12.0. The van der Waals surface area contributed by atoms with E-state index in [1.807, 2.05) is 29.2 Å². The number of morpholine rings is 1. The number of methoxy groups -OCH3 is 1. The van der Waals surface area contributed by atoms with Crippen molar-refractivity contribution in [1.29, 1.82) is 0 Å². The van der Waals surface area contributed by atoms with Gasteiger partial charge >= 0.3 is 0 Å². The van der Waals surface area contributed by atoms with Gasteiger partial charge in [0.05, 0.1) is 20.3 Å². The molecule has 0 unspecified atom stereocenters. The number of hydrogen-bond donors (Lipinski definition) is 0. The molecule has 0 atom stereocenters. The van der Waals surface area contributed by atoms with Crippen LogP contribution in [0.4, 0.5) is 0 Å². The number of para-hydroxylation sites is 1. The van der Waals surface area contributed by atoms with Crippen molar-refractivity contribution in [2.24, 2.45) is 0 Å². The van der Waals surface area contributed by atoms with E-state index in [2.05, 4.69) is 0 Å². The third kappa shape index (κ3) is 3.23. The Morgan fingerprint density at radius 1 is 1.33 bits per heavy atom. The molecule has 0 bridgehead atoms. The normalized spacial score (nSPS) is 15.5. The minimum absolute atomic E-state index is 0.198. The Bertz CT molecular complexity index is 400. The van der Waals surface area contributed by atoms with E-state index in [0.717, 1.165) is 17.7 Å². The van der Waals surface area contributed by atoms with Crippen LogP contribution in [0.3, 0.4) is 0 Å². The Hall–Kier alpha value is -1.55. The molecule has 1 aliphatic rings. The van der Waals surface area contributed by atoms with E-state index in [1.165, 1.54) is 0 Å². The van der Waals surface area contributed by atoms with Gasteiger partial charge in [-0.15, -0.1) is 0 Å². The molecule has 98 valence electrons. The lowest BCUT2D eigenvalue weighted by Gasteiger charge is -2.26. The summed E-state index contributed by atoms with van der Waals surface area (Å²) in [4.78, 5) is 13.9. The SMILES string of the molecule is COc1ccccc1CCC(=O)N1CCOCC1. The van der Waals surface area contributed by atoms with Gasteiger partial charge in [0, 0.05) is 19.5 Å². The van der Waals surface area contributed by atoms with Crippen LogP contribution in [0, 0.1) is 0 Å². The molecule has 1 aromatic carbocycles. The lowest BCUT2D eigenvalue weighted by molar-refractivity contribution is -0.135. The van der Waals surface area contributed by atoms with Crippen molar-refractivity contribution in [3.8, 4) is 5.75 Å². The zero-order chi connectivity index (χ0) is 12.8. The van der Waals surface area contributed by atoms with E-state index < -0.39 is 0 Å². The van der Waals surface area contributed by atoms with Gasteiger partial charge in [-0.3, -0.25) is 4.79 Å². The number of carbonyl (C=O) groups excluding carboxylic acids is 1. The van der Waals surface area contributed by atoms with Crippen molar-refractivity contribution in [3.63, 3.8) is 0 Å². The molecular formula is C14H19NO3. The van der Waals surface area contributed by atoms with Crippen LogP contribution in [0.5, 0.6) is 5.75 Å². The quantitative estimate of drug-likeness (QED) is 0.811. The Morgan fingerprint density at radius 2 is 2.06 bits per heavy atom. The second-order valence-corrected chi connectivity index (χ2v) is 4.31. The second-order valence-electron chi connectivity index (χ2n) is 4.31. The first kappa shape index (κ1) is 12.9. The van der Waals surface area contributed by atoms with Gasteiger partial charge in [-0.25, -0.2) is 0 Å². The Kier molecular flexibility index (Phi) is 4.59. The summed E-state index contributed by atoms with van der Waals surface area (Å²) >= 11 is 0. The van der Waals surface area contributed by atoms with Crippen molar-refractivity contribution in [1.82, 2.24) is 4.90 Å². The van der Waals surface area contributed by atoms with Crippen LogP contribution in [0.1, 0.15) is 12.0 Å². The fourth-order valence-corrected chi connectivity index (χ4v) is 2.12. The lowest BCUT2D eigenvalue weighted by atomic mass is 10.1. The average molecular weight is 249 g/mol. The summed E-state index contributed by atoms with van der Waals surface area (Å²) in [5.74, 6) is 1.05. The van der Waals surface area contributed by atoms with Crippen LogP contribution in [-0.2, 0) is 16.0 Å². The van der Waals surface area contributed by atoms with Crippen LogP contribution in [0.15, 0.2) is 24.3 Å². The van der Waals surface area contributed by atoms with E-state index in [-0.39, 0.29) is 5.91 Å². The van der Waals surface area contributed by atoms with Gasteiger partial charge in [0.2, 0.25) is 5.91 Å². The van der Waals surface area contributed by atoms with Gasteiger partial charge in [0.25, 0.3) is 0 Å². The maximum Gasteiger partial charge on any atom is 0.223 e. The fourth-order valence-electron chi connectivity index (χ4n) is 2.12. The Morgan fingerprint density at radius 3 is 2.78 bits per heavy atom. The number of benzene rings is 1. The molecule has 1 aromatic rings. The second kappa shape index (κ2) is 6.40. The molecule has 1 saturated heterocycles. The summed E-state index contributed by atoms with van der Waals surface area (Å²) in [6, 6.07) is 7.84. The zero-order valence-electron chi connectivity index (χ0n) is 10.7. The van der Waals surface area contributed by atoms with Crippen LogP contribution in [0.25, 0.3) is 0 Å². The van der Waals surface area contributed by atoms with Crippen LogP contribution in [0.2, 0.25) is 0 Å². The number of aryl methyl sites for hydroxylation is 1. The number of nitrogens with zero attached hydrogens (tertiary/aromatic N) is 1. The number of ether oxygens (including phenoxy) is 2. The van der Waals surface area contributed by atoms with Crippen molar-refractivity contribution >= 4 is 5.91 Å².